The Balaban J connectivity index is 2.07. The third-order valence-corrected chi connectivity index (χ3v) is 3.22. The highest BCUT2D eigenvalue weighted by atomic mass is 32.2. The number of hydrogen-bond donors (Lipinski definition) is 2. The fourth-order valence-electron chi connectivity index (χ4n) is 1.79. The van der Waals surface area contributed by atoms with Gasteiger partial charge in [0.1, 0.15) is 6.54 Å². The van der Waals surface area contributed by atoms with Gasteiger partial charge >= 0.3 is 6.18 Å². The van der Waals surface area contributed by atoms with E-state index in [1.54, 1.807) is 0 Å². The number of rotatable bonds is 5. The number of hydrogen-bond acceptors (Lipinski definition) is 5. The zero-order valence-corrected chi connectivity index (χ0v) is 13.0. The Kier molecular flexibility index (Phi) is 4.78. The van der Waals surface area contributed by atoms with Gasteiger partial charge in [0.05, 0.1) is 23.7 Å². The second kappa shape index (κ2) is 6.47. The molecule has 0 aliphatic rings. The van der Waals surface area contributed by atoms with Gasteiger partial charge in [-0.05, 0) is 12.1 Å². The van der Waals surface area contributed by atoms with Crippen LogP contribution in [0.2, 0.25) is 0 Å². The molecule has 0 spiro atoms. The number of carbonyl (C=O) groups is 1. The van der Waals surface area contributed by atoms with Gasteiger partial charge in [0.15, 0.2) is 5.82 Å². The van der Waals surface area contributed by atoms with E-state index in [-0.39, 0.29) is 11.5 Å². The van der Waals surface area contributed by atoms with Crippen molar-refractivity contribution < 1.29 is 26.4 Å². The Labute approximate surface area is 134 Å². The molecule has 2 aromatic rings. The first-order chi connectivity index (χ1) is 11.0. The van der Waals surface area contributed by atoms with Gasteiger partial charge < -0.3 is 5.32 Å². The molecule has 1 amide bonds. The zero-order chi connectivity index (χ0) is 18.0. The minimum absolute atomic E-state index is 0.110. The van der Waals surface area contributed by atoms with Crippen molar-refractivity contribution in [2.24, 2.45) is 0 Å². The van der Waals surface area contributed by atoms with E-state index < -0.39 is 34.2 Å². The quantitative estimate of drug-likeness (QED) is 0.833. The molecule has 1 aromatic heterocycles. The number of amides is 1. The molecule has 2 rings (SSSR count). The van der Waals surface area contributed by atoms with Gasteiger partial charge in [-0.2, -0.15) is 13.2 Å². The summed E-state index contributed by atoms with van der Waals surface area (Å²) in [4.78, 5) is 11.8. The van der Waals surface area contributed by atoms with Crippen LogP contribution in [0.5, 0.6) is 0 Å². The van der Waals surface area contributed by atoms with Crippen molar-refractivity contribution in [3.63, 3.8) is 0 Å². The van der Waals surface area contributed by atoms with E-state index >= 15 is 0 Å². The van der Waals surface area contributed by atoms with Gasteiger partial charge in [0, 0.05) is 0 Å². The molecule has 8 nitrogen and oxygen atoms in total. The fourth-order valence-corrected chi connectivity index (χ4v) is 2.26. The summed E-state index contributed by atoms with van der Waals surface area (Å²) in [7, 11) is -3.55. The van der Waals surface area contributed by atoms with Gasteiger partial charge in [-0.1, -0.05) is 17.3 Å². The molecular formula is C12H12F3N5O3S. The second-order valence-electron chi connectivity index (χ2n) is 4.77. The molecule has 1 aromatic carbocycles. The van der Waals surface area contributed by atoms with E-state index in [9.17, 15) is 26.4 Å². The van der Waals surface area contributed by atoms with Gasteiger partial charge in [-0.3, -0.25) is 9.52 Å². The SMILES string of the molecule is CS(=O)(=O)Nc1cn(CC(=O)Nc2ccccc2C(F)(F)F)nn1. The molecule has 0 fully saturated rings. The van der Waals surface area contributed by atoms with Crippen molar-refractivity contribution >= 4 is 27.4 Å². The molecule has 0 saturated carbocycles. The number of carbonyl (C=O) groups excluding carboxylic acids is 1. The summed E-state index contributed by atoms with van der Waals surface area (Å²) in [6.45, 7) is -0.440. The highest BCUT2D eigenvalue weighted by Gasteiger charge is 2.33. The molecule has 0 bridgehead atoms. The lowest BCUT2D eigenvalue weighted by Gasteiger charge is -2.13. The number of aromatic nitrogens is 3. The summed E-state index contributed by atoms with van der Waals surface area (Å²) in [6, 6.07) is 4.53. The van der Waals surface area contributed by atoms with Crippen LogP contribution in [-0.4, -0.2) is 35.6 Å². The van der Waals surface area contributed by atoms with E-state index in [0.29, 0.717) is 0 Å². The van der Waals surface area contributed by atoms with Crippen LogP contribution < -0.4 is 10.0 Å². The molecule has 0 radical (unpaired) electrons. The molecular weight excluding hydrogens is 351 g/mol. The van der Waals surface area contributed by atoms with Gasteiger partial charge in [-0.25, -0.2) is 13.1 Å². The maximum absolute atomic E-state index is 12.8. The van der Waals surface area contributed by atoms with Crippen molar-refractivity contribution in [1.29, 1.82) is 0 Å². The summed E-state index contributed by atoms with van der Waals surface area (Å²) in [5.74, 6) is -0.886. The molecule has 12 heteroatoms. The first-order valence-corrected chi connectivity index (χ1v) is 8.28. The number of anilines is 2. The molecule has 0 unspecified atom stereocenters. The molecule has 0 aliphatic carbocycles. The van der Waals surface area contributed by atoms with Crippen LogP contribution in [0.25, 0.3) is 0 Å². The van der Waals surface area contributed by atoms with Crippen molar-refractivity contribution in [2.45, 2.75) is 12.7 Å². The smallest absolute Gasteiger partial charge is 0.324 e. The predicted molar refractivity (Wildman–Crippen MR) is 78.6 cm³/mol. The zero-order valence-electron chi connectivity index (χ0n) is 12.2. The first kappa shape index (κ1) is 17.7. The van der Waals surface area contributed by atoms with Crippen molar-refractivity contribution in [3.8, 4) is 0 Å². The first-order valence-electron chi connectivity index (χ1n) is 6.38. The largest absolute Gasteiger partial charge is 0.418 e. The molecule has 0 aliphatic heterocycles. The number of para-hydroxylation sites is 1. The van der Waals surface area contributed by atoms with Gasteiger partial charge in [0.25, 0.3) is 0 Å². The van der Waals surface area contributed by atoms with Gasteiger partial charge in [-0.15, -0.1) is 5.10 Å². The number of nitrogens with one attached hydrogen (secondary N) is 2. The van der Waals surface area contributed by atoms with E-state index in [1.165, 1.54) is 12.1 Å². The maximum atomic E-state index is 12.8. The molecule has 24 heavy (non-hydrogen) atoms. The molecule has 0 atom stereocenters. The molecule has 2 N–H and O–H groups in total. The maximum Gasteiger partial charge on any atom is 0.418 e. The average Bonchev–Trinajstić information content (AvgIpc) is 2.82. The normalized spacial score (nSPS) is 12.0. The lowest BCUT2D eigenvalue weighted by molar-refractivity contribution is -0.137. The number of benzene rings is 1. The Hall–Kier alpha value is -2.63. The Bertz CT molecular complexity index is 848. The summed E-state index contributed by atoms with van der Waals surface area (Å²) in [5.41, 5.74) is -1.36. The van der Waals surface area contributed by atoms with Crippen LogP contribution in [0.4, 0.5) is 24.7 Å². The highest BCUT2D eigenvalue weighted by molar-refractivity contribution is 7.92. The molecule has 0 saturated heterocycles. The minimum Gasteiger partial charge on any atom is -0.324 e. The molecule has 130 valence electrons. The summed E-state index contributed by atoms with van der Waals surface area (Å²) >= 11 is 0. The summed E-state index contributed by atoms with van der Waals surface area (Å²) in [6.07, 6.45) is -2.56. The topological polar surface area (TPSA) is 106 Å². The predicted octanol–water partition coefficient (Wildman–Crippen LogP) is 1.31. The standard InChI is InChI=1S/C12H12F3N5O3S/c1-24(22,23)18-10-6-20(19-17-10)7-11(21)16-9-5-3-2-4-8(9)12(13,14)15/h2-6,18H,7H2,1H3,(H,16,21). The monoisotopic (exact) mass is 363 g/mol. The Morgan fingerprint density at radius 3 is 2.58 bits per heavy atom. The lowest BCUT2D eigenvalue weighted by atomic mass is 10.1. The van der Waals surface area contributed by atoms with Crippen molar-refractivity contribution in [3.05, 3.63) is 36.0 Å². The molecule has 1 heterocycles. The Morgan fingerprint density at radius 1 is 1.29 bits per heavy atom. The Morgan fingerprint density at radius 2 is 1.96 bits per heavy atom. The minimum atomic E-state index is -4.61. The van der Waals surface area contributed by atoms with Crippen molar-refractivity contribution in [2.75, 3.05) is 16.3 Å². The van der Waals surface area contributed by atoms with Crippen molar-refractivity contribution in [1.82, 2.24) is 15.0 Å². The van der Waals surface area contributed by atoms with Crippen LogP contribution in [0.3, 0.4) is 0 Å². The van der Waals surface area contributed by atoms with E-state index in [1.807, 2.05) is 0 Å². The van der Waals surface area contributed by atoms with Crippen LogP contribution in [0.1, 0.15) is 5.56 Å². The van der Waals surface area contributed by atoms with E-state index in [2.05, 4.69) is 20.4 Å². The fraction of sp³-hybridized carbons (Fsp3) is 0.250. The van der Waals surface area contributed by atoms with Crippen LogP contribution in [0, 0.1) is 0 Å². The summed E-state index contributed by atoms with van der Waals surface area (Å²) < 4.78 is 63.6. The highest BCUT2D eigenvalue weighted by Crippen LogP contribution is 2.34. The van der Waals surface area contributed by atoms with E-state index in [0.717, 1.165) is 29.3 Å². The number of nitrogens with zero attached hydrogens (tertiary/aromatic N) is 3. The number of sulfonamides is 1. The van der Waals surface area contributed by atoms with Crippen LogP contribution in [-0.2, 0) is 27.5 Å². The van der Waals surface area contributed by atoms with Crippen LogP contribution >= 0.6 is 0 Å². The lowest BCUT2D eigenvalue weighted by Crippen LogP contribution is -2.21. The average molecular weight is 363 g/mol. The third kappa shape index (κ3) is 4.94. The van der Waals surface area contributed by atoms with E-state index in [4.69, 9.17) is 0 Å². The summed E-state index contributed by atoms with van der Waals surface area (Å²) in [5, 5.41) is 9.13. The van der Waals surface area contributed by atoms with Gasteiger partial charge in [0.2, 0.25) is 15.9 Å². The second-order valence-corrected chi connectivity index (χ2v) is 6.52. The number of alkyl halides is 3. The number of halogens is 3. The third-order valence-electron chi connectivity index (χ3n) is 2.64. The van der Waals surface area contributed by atoms with Crippen LogP contribution in [0.15, 0.2) is 30.5 Å².